The van der Waals surface area contributed by atoms with Gasteiger partial charge in [0.25, 0.3) is 0 Å². The molecule has 0 saturated heterocycles. The summed E-state index contributed by atoms with van der Waals surface area (Å²) in [4.78, 5) is 1.94. The Morgan fingerprint density at radius 3 is 2.36 bits per heavy atom. The minimum Gasteiger partial charge on any atom is -0.366 e. The van der Waals surface area contributed by atoms with E-state index >= 15 is 0 Å². The van der Waals surface area contributed by atoms with Gasteiger partial charge in [-0.1, -0.05) is 13.3 Å². The molecule has 1 aliphatic rings. The third-order valence-corrected chi connectivity index (χ3v) is 2.69. The second-order valence-corrected chi connectivity index (χ2v) is 3.79. The largest absolute Gasteiger partial charge is 0.366 e. The van der Waals surface area contributed by atoms with Crippen molar-refractivity contribution in [3.8, 4) is 0 Å². The van der Waals surface area contributed by atoms with Crippen molar-refractivity contribution in [2.45, 2.75) is 26.2 Å². The maximum Gasteiger partial charge on any atom is 0.0986 e. The van der Waals surface area contributed by atoms with Gasteiger partial charge in [0.2, 0.25) is 0 Å². The molecule has 0 aromatic carbocycles. The van der Waals surface area contributed by atoms with Gasteiger partial charge < -0.3 is 4.90 Å². The summed E-state index contributed by atoms with van der Waals surface area (Å²) in [6.07, 6.45) is 3.83. The molecule has 1 aliphatic carbocycles. The lowest BCUT2D eigenvalue weighted by molar-refractivity contribution is 0.466. The molecule has 0 aromatic heterocycles. The van der Waals surface area contributed by atoms with Gasteiger partial charge in [-0.25, -0.2) is 0 Å². The van der Waals surface area contributed by atoms with Gasteiger partial charge in [-0.3, -0.25) is 5.41 Å². The van der Waals surface area contributed by atoms with Crippen LogP contribution in [0.25, 0.3) is 0 Å². The van der Waals surface area contributed by atoms with Gasteiger partial charge in [0.1, 0.15) is 0 Å². The zero-order valence-electron chi connectivity index (χ0n) is 7.72. The molecule has 0 aliphatic heterocycles. The van der Waals surface area contributed by atoms with Gasteiger partial charge in [0.05, 0.1) is 5.84 Å². The van der Waals surface area contributed by atoms with Gasteiger partial charge >= 0.3 is 0 Å². The molecule has 0 amide bonds. The predicted molar refractivity (Wildman–Crippen MR) is 47.9 cm³/mol. The van der Waals surface area contributed by atoms with Crippen LogP contribution in [0.2, 0.25) is 0 Å². The zero-order chi connectivity index (χ0) is 8.43. The first-order valence-corrected chi connectivity index (χ1v) is 4.38. The summed E-state index contributed by atoms with van der Waals surface area (Å²) in [5.74, 6) is 2.07. The van der Waals surface area contributed by atoms with E-state index in [0.29, 0.717) is 5.92 Å². The van der Waals surface area contributed by atoms with Crippen molar-refractivity contribution in [3.63, 3.8) is 0 Å². The van der Waals surface area contributed by atoms with Crippen LogP contribution in [0.4, 0.5) is 0 Å². The maximum atomic E-state index is 7.80. The summed E-state index contributed by atoms with van der Waals surface area (Å²) in [5, 5.41) is 7.80. The third-order valence-electron chi connectivity index (χ3n) is 2.69. The SMILES string of the molecule is CC1CCCC1C(=N)N(C)C. The molecule has 64 valence electrons. The Morgan fingerprint density at radius 1 is 1.36 bits per heavy atom. The van der Waals surface area contributed by atoms with E-state index in [2.05, 4.69) is 6.92 Å². The van der Waals surface area contributed by atoms with E-state index in [9.17, 15) is 0 Å². The molecule has 0 aromatic rings. The Morgan fingerprint density at radius 2 is 2.00 bits per heavy atom. The minimum absolute atomic E-state index is 0.532. The smallest absolute Gasteiger partial charge is 0.0986 e. The van der Waals surface area contributed by atoms with Gasteiger partial charge in [-0.2, -0.15) is 0 Å². The van der Waals surface area contributed by atoms with E-state index in [4.69, 9.17) is 5.41 Å². The van der Waals surface area contributed by atoms with Crippen molar-refractivity contribution in [3.05, 3.63) is 0 Å². The van der Waals surface area contributed by atoms with Crippen LogP contribution in [0.1, 0.15) is 26.2 Å². The van der Waals surface area contributed by atoms with Crippen LogP contribution in [0.15, 0.2) is 0 Å². The molecule has 0 radical (unpaired) electrons. The van der Waals surface area contributed by atoms with E-state index in [1.807, 2.05) is 19.0 Å². The molecule has 2 unspecified atom stereocenters. The molecule has 2 heteroatoms. The number of nitrogens with one attached hydrogen (secondary N) is 1. The van der Waals surface area contributed by atoms with E-state index in [-0.39, 0.29) is 0 Å². The summed E-state index contributed by atoms with van der Waals surface area (Å²) in [6, 6.07) is 0. The summed E-state index contributed by atoms with van der Waals surface area (Å²) in [7, 11) is 3.93. The Hall–Kier alpha value is -0.530. The van der Waals surface area contributed by atoms with Gasteiger partial charge in [0, 0.05) is 20.0 Å². The molecule has 0 bridgehead atoms. The Kier molecular flexibility index (Phi) is 2.53. The first kappa shape index (κ1) is 8.57. The molecule has 0 heterocycles. The van der Waals surface area contributed by atoms with Crippen molar-refractivity contribution in [1.82, 2.24) is 4.90 Å². The van der Waals surface area contributed by atoms with Crippen LogP contribution in [0.3, 0.4) is 0 Å². The molecule has 2 nitrogen and oxygen atoms in total. The van der Waals surface area contributed by atoms with E-state index in [0.717, 1.165) is 11.8 Å². The lowest BCUT2D eigenvalue weighted by Crippen LogP contribution is -2.30. The van der Waals surface area contributed by atoms with Crippen LogP contribution >= 0.6 is 0 Å². The molecule has 11 heavy (non-hydrogen) atoms. The van der Waals surface area contributed by atoms with Crippen LogP contribution in [0, 0.1) is 17.2 Å². The molecule has 1 fully saturated rings. The van der Waals surface area contributed by atoms with Crippen LogP contribution in [-0.4, -0.2) is 24.8 Å². The van der Waals surface area contributed by atoms with Gasteiger partial charge in [0.15, 0.2) is 0 Å². The lowest BCUT2D eigenvalue weighted by atomic mass is 9.96. The summed E-state index contributed by atoms with van der Waals surface area (Å²) >= 11 is 0. The van der Waals surface area contributed by atoms with Crippen molar-refractivity contribution >= 4 is 5.84 Å². The van der Waals surface area contributed by atoms with Crippen molar-refractivity contribution in [2.24, 2.45) is 11.8 Å². The number of hydrogen-bond acceptors (Lipinski definition) is 1. The third kappa shape index (κ3) is 1.73. The highest BCUT2D eigenvalue weighted by molar-refractivity contribution is 5.81. The fourth-order valence-electron chi connectivity index (χ4n) is 1.88. The second kappa shape index (κ2) is 3.24. The standard InChI is InChI=1S/C9H18N2/c1-7-5-4-6-8(7)9(10)11(2)3/h7-8,10H,4-6H2,1-3H3. The van der Waals surface area contributed by atoms with E-state index in [1.54, 1.807) is 0 Å². The monoisotopic (exact) mass is 154 g/mol. The molecule has 1 N–H and O–H groups in total. The fraction of sp³-hybridized carbons (Fsp3) is 0.889. The first-order chi connectivity index (χ1) is 5.13. The second-order valence-electron chi connectivity index (χ2n) is 3.79. The molecule has 1 saturated carbocycles. The number of nitrogens with zero attached hydrogens (tertiary/aromatic N) is 1. The van der Waals surface area contributed by atoms with Gasteiger partial charge in [-0.05, 0) is 18.8 Å². The van der Waals surface area contributed by atoms with Crippen molar-refractivity contribution in [2.75, 3.05) is 14.1 Å². The van der Waals surface area contributed by atoms with Gasteiger partial charge in [-0.15, -0.1) is 0 Å². The average Bonchev–Trinajstić information content (AvgIpc) is 2.33. The zero-order valence-corrected chi connectivity index (χ0v) is 7.72. The Bertz CT molecular complexity index is 152. The molecule has 0 spiro atoms. The fourth-order valence-corrected chi connectivity index (χ4v) is 1.88. The van der Waals surface area contributed by atoms with Crippen LogP contribution in [0.5, 0.6) is 0 Å². The minimum atomic E-state index is 0.532. The average molecular weight is 154 g/mol. The Labute approximate surface area is 69.1 Å². The van der Waals surface area contributed by atoms with Crippen LogP contribution in [-0.2, 0) is 0 Å². The van der Waals surface area contributed by atoms with Crippen LogP contribution < -0.4 is 0 Å². The molecule has 1 rings (SSSR count). The maximum absolute atomic E-state index is 7.80. The highest BCUT2D eigenvalue weighted by Gasteiger charge is 2.27. The molecule has 2 atom stereocenters. The highest BCUT2D eigenvalue weighted by Crippen LogP contribution is 2.32. The molecular weight excluding hydrogens is 136 g/mol. The Balaban J connectivity index is 2.53. The van der Waals surface area contributed by atoms with E-state index < -0.39 is 0 Å². The summed E-state index contributed by atoms with van der Waals surface area (Å²) in [5.41, 5.74) is 0. The number of hydrogen-bond donors (Lipinski definition) is 1. The quantitative estimate of drug-likeness (QED) is 0.453. The predicted octanol–water partition coefficient (Wildman–Crippen LogP) is 1.96. The van der Waals surface area contributed by atoms with E-state index in [1.165, 1.54) is 19.3 Å². The first-order valence-electron chi connectivity index (χ1n) is 4.38. The normalized spacial score (nSPS) is 30.5. The highest BCUT2D eigenvalue weighted by atomic mass is 15.1. The lowest BCUT2D eigenvalue weighted by Gasteiger charge is -2.22. The van der Waals surface area contributed by atoms with Crippen molar-refractivity contribution in [1.29, 1.82) is 5.41 Å². The number of rotatable bonds is 1. The number of amidine groups is 1. The topological polar surface area (TPSA) is 27.1 Å². The summed E-state index contributed by atoms with van der Waals surface area (Å²) in [6.45, 7) is 2.26. The molecular formula is C9H18N2. The van der Waals surface area contributed by atoms with Crippen molar-refractivity contribution < 1.29 is 0 Å². The summed E-state index contributed by atoms with van der Waals surface area (Å²) < 4.78 is 0.